The summed E-state index contributed by atoms with van der Waals surface area (Å²) in [4.78, 5) is 40.4. The van der Waals surface area contributed by atoms with E-state index in [1.807, 2.05) is 37.3 Å². The fraction of sp³-hybridized carbons (Fsp3) is 0.194. The predicted octanol–water partition coefficient (Wildman–Crippen LogP) is 5.57. The SMILES string of the molecule is COC(=O)c1ccc([C@@H]2C(=C(O)c3ccc4c(c3)C[C@@H](C)O4)C(=O)C(=O)N2c2nnc(SCc3ccccc3)s2)cc1. The first-order valence-electron chi connectivity index (χ1n) is 13.1. The van der Waals surface area contributed by atoms with Gasteiger partial charge in [0.15, 0.2) is 4.34 Å². The lowest BCUT2D eigenvalue weighted by Gasteiger charge is -2.22. The maximum absolute atomic E-state index is 13.6. The number of hydrogen-bond acceptors (Lipinski definition) is 10. The number of benzene rings is 3. The second-order valence-electron chi connectivity index (χ2n) is 9.86. The Morgan fingerprint density at radius 2 is 1.81 bits per heavy atom. The first-order valence-corrected chi connectivity index (χ1v) is 14.9. The van der Waals surface area contributed by atoms with Crippen LogP contribution in [0.3, 0.4) is 0 Å². The van der Waals surface area contributed by atoms with E-state index in [4.69, 9.17) is 9.47 Å². The number of methoxy groups -OCH3 is 1. The lowest BCUT2D eigenvalue weighted by molar-refractivity contribution is -0.132. The van der Waals surface area contributed by atoms with Crippen molar-refractivity contribution < 1.29 is 29.0 Å². The lowest BCUT2D eigenvalue weighted by Crippen LogP contribution is -2.29. The smallest absolute Gasteiger partial charge is 0.337 e. The van der Waals surface area contributed by atoms with Crippen LogP contribution in [-0.2, 0) is 26.5 Å². The molecule has 0 bridgehead atoms. The molecule has 0 radical (unpaired) electrons. The molecule has 9 nitrogen and oxygen atoms in total. The van der Waals surface area contributed by atoms with Gasteiger partial charge in [-0.15, -0.1) is 10.2 Å². The minimum atomic E-state index is -1.000. The Bertz CT molecular complexity index is 1720. The summed E-state index contributed by atoms with van der Waals surface area (Å²) in [6.45, 7) is 1.96. The number of nitrogens with zero attached hydrogens (tertiary/aromatic N) is 3. The number of ether oxygens (including phenoxy) is 2. The van der Waals surface area contributed by atoms with Crippen LogP contribution in [0.15, 0.2) is 82.7 Å². The number of ketones is 1. The molecule has 1 amide bonds. The van der Waals surface area contributed by atoms with Crippen molar-refractivity contribution in [2.24, 2.45) is 0 Å². The third-order valence-electron chi connectivity index (χ3n) is 7.07. The maximum atomic E-state index is 13.6. The number of hydrogen-bond donors (Lipinski definition) is 1. The van der Waals surface area contributed by atoms with E-state index in [0.717, 1.165) is 16.9 Å². The average molecular weight is 600 g/mol. The van der Waals surface area contributed by atoms with E-state index in [1.165, 1.54) is 35.1 Å². The molecule has 0 saturated carbocycles. The molecule has 0 unspecified atom stereocenters. The van der Waals surface area contributed by atoms with E-state index < -0.39 is 23.7 Å². The standard InChI is InChI=1S/C31H25N3O6S2/c1-17-14-22-15-21(12-13-23(22)40-17)26(35)24-25(19-8-10-20(11-9-19)29(38)39-2)34(28(37)27(24)36)30-32-33-31(42-30)41-16-18-6-4-3-5-7-18/h3-13,15,17,25,35H,14,16H2,1-2H3/t17-,25-/m1/s1. The van der Waals surface area contributed by atoms with Gasteiger partial charge in [0, 0.05) is 17.7 Å². The third-order valence-corrected chi connectivity index (χ3v) is 9.20. The van der Waals surface area contributed by atoms with Gasteiger partial charge in [0.25, 0.3) is 5.78 Å². The van der Waals surface area contributed by atoms with Crippen LogP contribution >= 0.6 is 23.1 Å². The minimum absolute atomic E-state index is 0.00246. The Balaban J connectivity index is 1.40. The highest BCUT2D eigenvalue weighted by molar-refractivity contribution is 8.00. The molecule has 2 aliphatic rings. The number of esters is 1. The van der Waals surface area contributed by atoms with Gasteiger partial charge in [-0.25, -0.2) is 4.79 Å². The third kappa shape index (κ3) is 5.17. The van der Waals surface area contributed by atoms with Gasteiger partial charge in [-0.2, -0.15) is 0 Å². The second kappa shape index (κ2) is 11.4. The number of carbonyl (C=O) groups is 3. The Kier molecular flexibility index (Phi) is 7.53. The summed E-state index contributed by atoms with van der Waals surface area (Å²) in [6, 6.07) is 20.5. The van der Waals surface area contributed by atoms with Crippen molar-refractivity contribution in [2.45, 2.75) is 35.6 Å². The minimum Gasteiger partial charge on any atom is -0.507 e. The van der Waals surface area contributed by atoms with Gasteiger partial charge in [0.1, 0.15) is 17.6 Å². The summed E-state index contributed by atoms with van der Waals surface area (Å²) in [7, 11) is 1.29. The summed E-state index contributed by atoms with van der Waals surface area (Å²) < 4.78 is 11.2. The molecule has 1 saturated heterocycles. The summed E-state index contributed by atoms with van der Waals surface area (Å²) in [5.41, 5.74) is 3.16. The predicted molar refractivity (Wildman–Crippen MR) is 159 cm³/mol. The number of carbonyl (C=O) groups excluding carboxylic acids is 3. The number of amides is 1. The topological polar surface area (TPSA) is 119 Å². The Labute approximate surface area is 249 Å². The molecule has 11 heteroatoms. The van der Waals surface area contributed by atoms with Crippen molar-refractivity contribution in [3.05, 3.63) is 106 Å². The molecule has 3 aromatic carbocycles. The lowest BCUT2D eigenvalue weighted by atomic mass is 9.94. The molecule has 1 N–H and O–H groups in total. The molecule has 4 aromatic rings. The Morgan fingerprint density at radius 3 is 2.55 bits per heavy atom. The van der Waals surface area contributed by atoms with Gasteiger partial charge in [-0.3, -0.25) is 14.5 Å². The van der Waals surface area contributed by atoms with Crippen molar-refractivity contribution in [3.8, 4) is 5.75 Å². The van der Waals surface area contributed by atoms with E-state index in [-0.39, 0.29) is 22.6 Å². The van der Waals surface area contributed by atoms with Crippen LogP contribution in [0.5, 0.6) is 5.75 Å². The zero-order valence-electron chi connectivity index (χ0n) is 22.6. The Morgan fingerprint density at radius 1 is 1.07 bits per heavy atom. The second-order valence-corrected chi connectivity index (χ2v) is 12.0. The monoisotopic (exact) mass is 599 g/mol. The van der Waals surface area contributed by atoms with Crippen LogP contribution in [-0.4, -0.2) is 46.2 Å². The van der Waals surface area contributed by atoms with E-state index in [1.54, 1.807) is 42.5 Å². The van der Waals surface area contributed by atoms with Gasteiger partial charge >= 0.3 is 11.9 Å². The number of thioether (sulfide) groups is 1. The molecular weight excluding hydrogens is 574 g/mol. The first-order chi connectivity index (χ1) is 20.3. The van der Waals surface area contributed by atoms with Crippen molar-refractivity contribution in [3.63, 3.8) is 0 Å². The number of anilines is 1. The van der Waals surface area contributed by atoms with E-state index in [9.17, 15) is 19.5 Å². The molecule has 0 spiro atoms. The number of aliphatic hydroxyl groups is 1. The van der Waals surface area contributed by atoms with E-state index in [2.05, 4.69) is 10.2 Å². The molecule has 212 valence electrons. The number of aliphatic hydroxyl groups excluding tert-OH is 1. The zero-order chi connectivity index (χ0) is 29.4. The van der Waals surface area contributed by atoms with Crippen LogP contribution in [0.1, 0.15) is 45.6 Å². The number of aromatic nitrogens is 2. The number of rotatable bonds is 7. The molecule has 1 fully saturated rings. The Hall–Kier alpha value is -4.48. The van der Waals surface area contributed by atoms with Crippen LogP contribution in [0.25, 0.3) is 5.76 Å². The quantitative estimate of drug-likeness (QED) is 0.0727. The van der Waals surface area contributed by atoms with Crippen LogP contribution in [0, 0.1) is 0 Å². The van der Waals surface area contributed by atoms with E-state index >= 15 is 0 Å². The first kappa shape index (κ1) is 27.7. The van der Waals surface area contributed by atoms with Gasteiger partial charge in [0.2, 0.25) is 5.13 Å². The normalized spacial score (nSPS) is 19.0. The summed E-state index contributed by atoms with van der Waals surface area (Å²) in [5, 5.41) is 20.3. The largest absolute Gasteiger partial charge is 0.507 e. The van der Waals surface area contributed by atoms with Crippen LogP contribution in [0.4, 0.5) is 5.13 Å². The van der Waals surface area contributed by atoms with Gasteiger partial charge in [0.05, 0.1) is 24.3 Å². The molecular formula is C31H25N3O6S2. The molecule has 1 aromatic heterocycles. The molecule has 0 aliphatic carbocycles. The van der Waals surface area contributed by atoms with Gasteiger partial charge in [-0.1, -0.05) is 65.6 Å². The fourth-order valence-electron chi connectivity index (χ4n) is 5.07. The van der Waals surface area contributed by atoms with Crippen molar-refractivity contribution in [1.29, 1.82) is 0 Å². The molecule has 2 aliphatic heterocycles. The summed E-state index contributed by atoms with van der Waals surface area (Å²) >= 11 is 2.66. The zero-order valence-corrected chi connectivity index (χ0v) is 24.3. The van der Waals surface area contributed by atoms with E-state index in [0.29, 0.717) is 33.2 Å². The highest BCUT2D eigenvalue weighted by atomic mass is 32.2. The number of Topliss-reactive ketones (excluding diaryl/α,β-unsaturated/α-hetero) is 1. The van der Waals surface area contributed by atoms with Crippen molar-refractivity contribution in [2.75, 3.05) is 12.0 Å². The highest BCUT2D eigenvalue weighted by Crippen LogP contribution is 2.44. The van der Waals surface area contributed by atoms with Crippen LogP contribution < -0.4 is 9.64 Å². The highest BCUT2D eigenvalue weighted by Gasteiger charge is 2.48. The van der Waals surface area contributed by atoms with Crippen LogP contribution in [0.2, 0.25) is 0 Å². The van der Waals surface area contributed by atoms with Gasteiger partial charge < -0.3 is 14.6 Å². The van der Waals surface area contributed by atoms with Crippen molar-refractivity contribution in [1.82, 2.24) is 10.2 Å². The fourth-order valence-corrected chi connectivity index (χ4v) is 6.89. The van der Waals surface area contributed by atoms with Gasteiger partial charge in [-0.05, 0) is 53.9 Å². The summed E-state index contributed by atoms with van der Waals surface area (Å²) in [6.07, 6.45) is 0.667. The molecule has 6 rings (SSSR count). The number of fused-ring (bicyclic) bond motifs is 1. The molecule has 3 heterocycles. The molecule has 42 heavy (non-hydrogen) atoms. The maximum Gasteiger partial charge on any atom is 0.337 e. The molecule has 2 atom stereocenters. The average Bonchev–Trinajstić information content (AvgIpc) is 3.70. The summed E-state index contributed by atoms with van der Waals surface area (Å²) in [5.74, 6) is -1.10. The van der Waals surface area contributed by atoms with Crippen molar-refractivity contribution >= 4 is 51.6 Å².